The molecule has 0 saturated carbocycles. The molecule has 184 valence electrons. The number of aromatic nitrogens is 2. The summed E-state index contributed by atoms with van der Waals surface area (Å²) in [7, 11) is 5.06. The summed E-state index contributed by atoms with van der Waals surface area (Å²) in [6.07, 6.45) is 0. The van der Waals surface area contributed by atoms with Crippen LogP contribution in [-0.2, 0) is 11.5 Å². The van der Waals surface area contributed by atoms with Gasteiger partial charge >= 0.3 is 0 Å². The molecule has 0 bridgehead atoms. The average molecular weight is 506 g/mol. The Morgan fingerprint density at radius 2 is 1.71 bits per heavy atom. The number of carbonyl (C=O) groups is 1. The Balaban J connectivity index is 1.98. The normalized spacial score (nSPS) is 11.5. The minimum Gasteiger partial charge on any atom is -0.493 e. The molecular formula is C24H32ClN3O5Si. The summed E-state index contributed by atoms with van der Waals surface area (Å²) in [5, 5.41) is 0.362. The minimum atomic E-state index is -1.24. The van der Waals surface area contributed by atoms with Gasteiger partial charge in [0.2, 0.25) is 5.75 Å². The number of fused-ring (bicyclic) bond motifs is 1. The Bertz CT molecular complexity index is 1150. The smallest absolute Gasteiger partial charge is 0.274 e. The fraction of sp³-hybridized carbons (Fsp3) is 0.417. The summed E-state index contributed by atoms with van der Waals surface area (Å²) in [6, 6.07) is 9.78. The molecule has 1 amide bonds. The van der Waals surface area contributed by atoms with E-state index in [1.807, 2.05) is 10.6 Å². The maximum atomic E-state index is 13.6. The monoisotopic (exact) mass is 505 g/mol. The van der Waals surface area contributed by atoms with Crippen molar-refractivity contribution >= 4 is 42.3 Å². The van der Waals surface area contributed by atoms with Crippen molar-refractivity contribution in [2.45, 2.75) is 32.4 Å². The van der Waals surface area contributed by atoms with E-state index in [4.69, 9.17) is 30.5 Å². The Morgan fingerprint density at radius 1 is 1.06 bits per heavy atom. The van der Waals surface area contributed by atoms with Crippen LogP contribution in [0.2, 0.25) is 30.8 Å². The molecule has 0 aliphatic rings. The van der Waals surface area contributed by atoms with Crippen molar-refractivity contribution in [1.82, 2.24) is 9.55 Å². The third kappa shape index (κ3) is 5.65. The van der Waals surface area contributed by atoms with Crippen molar-refractivity contribution in [2.24, 2.45) is 0 Å². The van der Waals surface area contributed by atoms with Gasteiger partial charge in [-0.15, -0.1) is 0 Å². The molecule has 2 aromatic heterocycles. The number of hydrogen-bond acceptors (Lipinski definition) is 6. The molecule has 0 aliphatic carbocycles. The molecule has 0 aliphatic heterocycles. The summed E-state index contributed by atoms with van der Waals surface area (Å²) in [5.41, 5.74) is 2.43. The lowest BCUT2D eigenvalue weighted by atomic mass is 10.2. The molecule has 0 radical (unpaired) electrons. The van der Waals surface area contributed by atoms with Gasteiger partial charge in [-0.25, -0.2) is 4.98 Å². The number of nitrogens with zero attached hydrogens (tertiary/aromatic N) is 3. The van der Waals surface area contributed by atoms with E-state index >= 15 is 0 Å². The molecule has 0 N–H and O–H groups in total. The van der Waals surface area contributed by atoms with Crippen LogP contribution in [0.15, 0.2) is 30.3 Å². The lowest BCUT2D eigenvalue weighted by Crippen LogP contribution is -2.29. The number of methoxy groups -OCH3 is 3. The maximum absolute atomic E-state index is 13.6. The quantitative estimate of drug-likeness (QED) is 0.211. The molecule has 34 heavy (non-hydrogen) atoms. The van der Waals surface area contributed by atoms with Gasteiger partial charge in [-0.3, -0.25) is 4.79 Å². The first-order valence-electron chi connectivity index (χ1n) is 10.9. The second-order valence-corrected chi connectivity index (χ2v) is 15.1. The van der Waals surface area contributed by atoms with Gasteiger partial charge in [0.15, 0.2) is 11.5 Å². The zero-order chi connectivity index (χ0) is 25.0. The van der Waals surface area contributed by atoms with E-state index in [-0.39, 0.29) is 12.6 Å². The van der Waals surface area contributed by atoms with E-state index in [2.05, 4.69) is 24.6 Å². The van der Waals surface area contributed by atoms with Crippen LogP contribution < -0.4 is 19.1 Å². The SMILES string of the molecule is COc1cc(N(C)C(=O)c2cc3nc(Cl)ccc3n2COCC[Si](C)(C)C)cc(OC)c1OC. The summed E-state index contributed by atoms with van der Waals surface area (Å²) in [5.74, 6) is 1.14. The maximum Gasteiger partial charge on any atom is 0.274 e. The van der Waals surface area contributed by atoms with Crippen LogP contribution in [0.1, 0.15) is 10.5 Å². The second kappa shape index (κ2) is 10.7. The highest BCUT2D eigenvalue weighted by atomic mass is 35.5. The van der Waals surface area contributed by atoms with Gasteiger partial charge in [0.25, 0.3) is 5.91 Å². The predicted molar refractivity (Wildman–Crippen MR) is 138 cm³/mol. The van der Waals surface area contributed by atoms with Gasteiger partial charge in [-0.1, -0.05) is 31.2 Å². The number of amides is 1. The van der Waals surface area contributed by atoms with E-state index in [1.165, 1.54) is 26.2 Å². The van der Waals surface area contributed by atoms with Crippen LogP contribution in [0.25, 0.3) is 11.0 Å². The standard InChI is InChI=1S/C24H32ClN3O5Si/c1-27(16-12-20(30-2)23(32-4)21(13-16)31-3)24(29)19-14-17-18(8-9-22(25)26-17)28(19)15-33-10-11-34(5,6)7/h8-9,12-14H,10-11,15H2,1-7H3. The molecule has 0 spiro atoms. The number of halogens is 1. The summed E-state index contributed by atoms with van der Waals surface area (Å²) in [4.78, 5) is 19.6. The van der Waals surface area contributed by atoms with Gasteiger partial charge in [0, 0.05) is 33.9 Å². The first kappa shape index (κ1) is 25.9. The molecule has 3 rings (SSSR count). The highest BCUT2D eigenvalue weighted by Crippen LogP contribution is 2.41. The predicted octanol–water partition coefficient (Wildman–Crippen LogP) is 5.30. The van der Waals surface area contributed by atoms with Crippen molar-refractivity contribution in [1.29, 1.82) is 0 Å². The van der Waals surface area contributed by atoms with Crippen molar-refractivity contribution in [2.75, 3.05) is 39.9 Å². The van der Waals surface area contributed by atoms with E-state index in [0.29, 0.717) is 45.9 Å². The summed E-state index contributed by atoms with van der Waals surface area (Å²) >= 11 is 6.11. The molecule has 8 nitrogen and oxygen atoms in total. The van der Waals surface area contributed by atoms with Gasteiger partial charge in [-0.05, 0) is 24.2 Å². The number of hydrogen-bond donors (Lipinski definition) is 0. The van der Waals surface area contributed by atoms with Crippen LogP contribution >= 0.6 is 11.6 Å². The van der Waals surface area contributed by atoms with Crippen molar-refractivity contribution < 1.29 is 23.7 Å². The topological polar surface area (TPSA) is 75.1 Å². The van der Waals surface area contributed by atoms with Crippen LogP contribution in [0.3, 0.4) is 0 Å². The Morgan fingerprint density at radius 3 is 2.26 bits per heavy atom. The van der Waals surface area contributed by atoms with Crippen LogP contribution in [-0.4, -0.2) is 58.5 Å². The van der Waals surface area contributed by atoms with Gasteiger partial charge in [0.1, 0.15) is 17.6 Å². The first-order valence-corrected chi connectivity index (χ1v) is 15.0. The molecule has 3 aromatic rings. The van der Waals surface area contributed by atoms with Crippen LogP contribution in [0.4, 0.5) is 5.69 Å². The third-order valence-corrected chi connectivity index (χ3v) is 7.42. The molecule has 0 fully saturated rings. The minimum absolute atomic E-state index is 0.238. The number of benzene rings is 1. The van der Waals surface area contributed by atoms with Crippen molar-refractivity contribution in [3.05, 3.63) is 41.2 Å². The number of ether oxygens (including phenoxy) is 4. The van der Waals surface area contributed by atoms with Crippen LogP contribution in [0.5, 0.6) is 17.2 Å². The first-order chi connectivity index (χ1) is 16.1. The number of anilines is 1. The second-order valence-electron chi connectivity index (χ2n) is 9.09. The molecule has 2 heterocycles. The highest BCUT2D eigenvalue weighted by Gasteiger charge is 2.24. The lowest BCUT2D eigenvalue weighted by molar-refractivity contribution is 0.0828. The Kier molecular flexibility index (Phi) is 8.11. The zero-order valence-electron chi connectivity index (χ0n) is 20.8. The van der Waals surface area contributed by atoms with E-state index < -0.39 is 8.07 Å². The largest absolute Gasteiger partial charge is 0.493 e. The zero-order valence-corrected chi connectivity index (χ0v) is 22.5. The molecule has 0 unspecified atom stereocenters. The van der Waals surface area contributed by atoms with E-state index in [1.54, 1.807) is 31.3 Å². The average Bonchev–Trinajstić information content (AvgIpc) is 3.16. The highest BCUT2D eigenvalue weighted by molar-refractivity contribution is 6.76. The number of pyridine rings is 1. The Labute approximate surface area is 206 Å². The molecule has 0 saturated heterocycles. The van der Waals surface area contributed by atoms with Crippen molar-refractivity contribution in [3.8, 4) is 17.2 Å². The van der Waals surface area contributed by atoms with E-state index in [9.17, 15) is 4.79 Å². The third-order valence-electron chi connectivity index (χ3n) is 5.50. The summed E-state index contributed by atoms with van der Waals surface area (Å²) < 4.78 is 24.1. The fourth-order valence-electron chi connectivity index (χ4n) is 3.51. The fourth-order valence-corrected chi connectivity index (χ4v) is 4.43. The van der Waals surface area contributed by atoms with Gasteiger partial charge in [0.05, 0.1) is 38.1 Å². The molecular weight excluding hydrogens is 474 g/mol. The Hall–Kier alpha value is -2.75. The lowest BCUT2D eigenvalue weighted by Gasteiger charge is -2.22. The molecule has 0 atom stereocenters. The summed E-state index contributed by atoms with van der Waals surface area (Å²) in [6.45, 7) is 7.77. The van der Waals surface area contributed by atoms with Crippen molar-refractivity contribution in [3.63, 3.8) is 0 Å². The number of rotatable bonds is 10. The molecule has 10 heteroatoms. The number of carbonyl (C=O) groups excluding carboxylic acids is 1. The molecule has 1 aromatic carbocycles. The van der Waals surface area contributed by atoms with Gasteiger partial charge in [-0.2, -0.15) is 0 Å². The van der Waals surface area contributed by atoms with E-state index in [0.717, 1.165) is 11.6 Å². The van der Waals surface area contributed by atoms with Crippen LogP contribution in [0, 0.1) is 0 Å². The van der Waals surface area contributed by atoms with Gasteiger partial charge < -0.3 is 28.4 Å².